The number of hydrogen-bond acceptors (Lipinski definition) is 4. The van der Waals surface area contributed by atoms with Crippen LogP contribution in [-0.4, -0.2) is 33.6 Å². The maximum Gasteiger partial charge on any atom is 0.326 e. The Labute approximate surface area is 156 Å². The highest BCUT2D eigenvalue weighted by atomic mass is 32.2. The van der Waals surface area contributed by atoms with Crippen LogP contribution in [0, 0.1) is 0 Å². The Balaban J connectivity index is 1.37. The number of carbonyl (C=O) groups excluding carboxylic acids is 1. The number of rotatable bonds is 6. The van der Waals surface area contributed by atoms with E-state index >= 15 is 0 Å². The summed E-state index contributed by atoms with van der Waals surface area (Å²) in [4.78, 5) is 13.0. The van der Waals surface area contributed by atoms with E-state index < -0.39 is 10.2 Å². The summed E-state index contributed by atoms with van der Waals surface area (Å²) >= 11 is 1.57. The van der Waals surface area contributed by atoms with Crippen molar-refractivity contribution in [3.8, 4) is 0 Å². The largest absolute Gasteiger partial charge is 0.336 e. The molecule has 0 radical (unpaired) electrons. The van der Waals surface area contributed by atoms with Crippen molar-refractivity contribution in [1.29, 1.82) is 0 Å². The van der Waals surface area contributed by atoms with Gasteiger partial charge >= 0.3 is 16.2 Å². The maximum absolute atomic E-state index is 12.9. The summed E-state index contributed by atoms with van der Waals surface area (Å²) in [6.07, 6.45) is 1.79. The first kappa shape index (κ1) is 17.2. The second-order valence-corrected chi connectivity index (χ2v) is 9.05. The Kier molecular flexibility index (Phi) is 4.49. The molecule has 1 aliphatic heterocycles. The lowest BCUT2D eigenvalue weighted by molar-refractivity contribution is 0.241. The molecule has 0 unspecified atom stereocenters. The van der Waals surface area contributed by atoms with Crippen molar-refractivity contribution >= 4 is 39.0 Å². The lowest BCUT2D eigenvalue weighted by Crippen LogP contribution is -2.44. The smallest absolute Gasteiger partial charge is 0.326 e. The summed E-state index contributed by atoms with van der Waals surface area (Å²) in [6.45, 7) is 0.904. The van der Waals surface area contributed by atoms with Gasteiger partial charge in [0.15, 0.2) is 0 Å². The molecule has 0 spiro atoms. The fraction of sp³-hybridized carbons (Fsp3) is 0.353. The number of nitrogens with one attached hydrogen (secondary N) is 2. The van der Waals surface area contributed by atoms with Gasteiger partial charge in [0, 0.05) is 17.5 Å². The Morgan fingerprint density at radius 3 is 2.58 bits per heavy atom. The van der Waals surface area contributed by atoms with Crippen LogP contribution in [0.4, 0.5) is 16.2 Å². The zero-order valence-electron chi connectivity index (χ0n) is 14.1. The van der Waals surface area contributed by atoms with Crippen molar-refractivity contribution in [2.45, 2.75) is 25.4 Å². The number of para-hydroxylation sites is 2. The summed E-state index contributed by atoms with van der Waals surface area (Å²) in [5.74, 6) is 0. The Morgan fingerprint density at radius 1 is 1.12 bits per heavy atom. The van der Waals surface area contributed by atoms with E-state index in [1.54, 1.807) is 11.3 Å². The van der Waals surface area contributed by atoms with Crippen LogP contribution in [0.25, 0.3) is 0 Å². The molecule has 2 heterocycles. The summed E-state index contributed by atoms with van der Waals surface area (Å²) in [5, 5.41) is 7.45. The van der Waals surface area contributed by atoms with E-state index in [9.17, 15) is 13.2 Å². The van der Waals surface area contributed by atoms with Gasteiger partial charge in [0.05, 0.1) is 24.5 Å². The molecule has 7 nitrogen and oxygen atoms in total. The molecular formula is C17H20N4O3S2. The third-order valence-electron chi connectivity index (χ3n) is 4.40. The molecule has 0 atom stereocenters. The van der Waals surface area contributed by atoms with Crippen LogP contribution in [0.1, 0.15) is 17.7 Å². The normalized spacial score (nSPS) is 17.8. The van der Waals surface area contributed by atoms with Gasteiger partial charge in [0.25, 0.3) is 0 Å². The maximum atomic E-state index is 12.9. The molecule has 9 heteroatoms. The Morgan fingerprint density at radius 2 is 1.88 bits per heavy atom. The van der Waals surface area contributed by atoms with Crippen LogP contribution < -0.4 is 19.2 Å². The number of urea groups is 1. The van der Waals surface area contributed by atoms with Gasteiger partial charge in [-0.15, -0.1) is 11.3 Å². The monoisotopic (exact) mass is 392 g/mol. The average Bonchev–Trinajstić information content (AvgIpc) is 3.24. The molecule has 1 fully saturated rings. The highest BCUT2D eigenvalue weighted by molar-refractivity contribution is 7.94. The molecule has 1 aromatic carbocycles. The number of anilines is 2. The molecule has 2 aliphatic rings. The number of amides is 2. The van der Waals surface area contributed by atoms with Crippen LogP contribution in [-0.2, 0) is 16.8 Å². The minimum atomic E-state index is -3.57. The van der Waals surface area contributed by atoms with Crippen molar-refractivity contribution in [2.24, 2.45) is 0 Å². The molecule has 138 valence electrons. The van der Waals surface area contributed by atoms with Crippen molar-refractivity contribution in [1.82, 2.24) is 10.6 Å². The summed E-state index contributed by atoms with van der Waals surface area (Å²) in [7, 11) is -3.57. The van der Waals surface area contributed by atoms with E-state index in [0.29, 0.717) is 12.2 Å². The van der Waals surface area contributed by atoms with E-state index in [1.807, 2.05) is 41.8 Å². The number of benzene rings is 1. The highest BCUT2D eigenvalue weighted by Gasteiger charge is 2.47. The van der Waals surface area contributed by atoms with Crippen molar-refractivity contribution < 1.29 is 13.2 Å². The quantitative estimate of drug-likeness (QED) is 0.791. The second kappa shape index (κ2) is 6.81. The number of thiophene rings is 1. The molecule has 2 N–H and O–H groups in total. The van der Waals surface area contributed by atoms with E-state index in [0.717, 1.165) is 23.4 Å². The van der Waals surface area contributed by atoms with E-state index in [2.05, 4.69) is 10.6 Å². The van der Waals surface area contributed by atoms with Gasteiger partial charge in [-0.05, 0) is 36.4 Å². The van der Waals surface area contributed by atoms with E-state index in [-0.39, 0.29) is 25.2 Å². The van der Waals surface area contributed by atoms with Gasteiger partial charge < -0.3 is 10.6 Å². The molecular weight excluding hydrogens is 372 g/mol. The summed E-state index contributed by atoms with van der Waals surface area (Å²) < 4.78 is 28.7. The minimum absolute atomic E-state index is 0.0632. The lowest BCUT2D eigenvalue weighted by Gasteiger charge is -2.21. The van der Waals surface area contributed by atoms with Gasteiger partial charge in [-0.1, -0.05) is 18.2 Å². The fourth-order valence-corrected chi connectivity index (χ4v) is 5.63. The Bertz CT molecular complexity index is 894. The van der Waals surface area contributed by atoms with Crippen LogP contribution in [0.3, 0.4) is 0 Å². The van der Waals surface area contributed by atoms with Crippen molar-refractivity contribution in [3.05, 3.63) is 46.7 Å². The van der Waals surface area contributed by atoms with Gasteiger partial charge in [-0.3, -0.25) is 0 Å². The van der Waals surface area contributed by atoms with Crippen LogP contribution in [0.2, 0.25) is 0 Å². The first-order chi connectivity index (χ1) is 12.6. The van der Waals surface area contributed by atoms with Crippen LogP contribution in [0.15, 0.2) is 41.8 Å². The summed E-state index contributed by atoms with van der Waals surface area (Å²) in [5.41, 5.74) is 1.41. The molecule has 1 saturated carbocycles. The van der Waals surface area contributed by atoms with Gasteiger partial charge in [0.1, 0.15) is 0 Å². The van der Waals surface area contributed by atoms with Crippen molar-refractivity contribution in [3.63, 3.8) is 0 Å². The number of fused-ring (bicyclic) bond motifs is 1. The summed E-state index contributed by atoms with van der Waals surface area (Å²) in [6, 6.07) is 11.0. The number of nitrogens with zero attached hydrogens (tertiary/aromatic N) is 2. The van der Waals surface area contributed by atoms with Gasteiger partial charge in [0.2, 0.25) is 0 Å². The first-order valence-electron chi connectivity index (χ1n) is 8.52. The molecule has 0 bridgehead atoms. The lowest BCUT2D eigenvalue weighted by atomic mass is 10.2. The minimum Gasteiger partial charge on any atom is -0.336 e. The number of hydrogen-bond donors (Lipinski definition) is 2. The first-order valence-corrected chi connectivity index (χ1v) is 10.8. The van der Waals surface area contributed by atoms with E-state index in [1.165, 1.54) is 8.61 Å². The Hall–Kier alpha value is -2.26. The molecule has 1 aliphatic carbocycles. The van der Waals surface area contributed by atoms with Crippen LogP contribution >= 0.6 is 11.3 Å². The molecule has 4 rings (SSSR count). The topological polar surface area (TPSA) is 81.8 Å². The fourth-order valence-electron chi connectivity index (χ4n) is 3.06. The van der Waals surface area contributed by atoms with Gasteiger partial charge in [-0.2, -0.15) is 8.42 Å². The SMILES string of the molecule is O=C(NCCN1c2ccccc2N(C2CC2)S1(=O)=O)NCc1cccs1. The molecule has 1 aromatic heterocycles. The second-order valence-electron chi connectivity index (χ2n) is 6.28. The third-order valence-corrected chi connectivity index (χ3v) is 7.20. The molecule has 2 amide bonds. The van der Waals surface area contributed by atoms with Crippen molar-refractivity contribution in [2.75, 3.05) is 21.7 Å². The van der Waals surface area contributed by atoms with E-state index in [4.69, 9.17) is 0 Å². The molecule has 0 saturated heterocycles. The number of carbonyl (C=O) groups is 1. The zero-order chi connectivity index (χ0) is 18.1. The predicted octanol–water partition coefficient (Wildman–Crippen LogP) is 2.28. The zero-order valence-corrected chi connectivity index (χ0v) is 15.7. The molecule has 2 aromatic rings. The standard InChI is InChI=1S/C17H20N4O3S2/c22-17(19-12-14-4-3-11-25-14)18-9-10-20-15-5-1-2-6-16(15)21(13-7-8-13)26(20,23)24/h1-6,11,13H,7-10,12H2,(H2,18,19,22). The van der Waals surface area contributed by atoms with Crippen LogP contribution in [0.5, 0.6) is 0 Å². The van der Waals surface area contributed by atoms with Gasteiger partial charge in [-0.25, -0.2) is 13.4 Å². The molecule has 26 heavy (non-hydrogen) atoms. The predicted molar refractivity (Wildman–Crippen MR) is 103 cm³/mol. The average molecular weight is 393 g/mol. The highest BCUT2D eigenvalue weighted by Crippen LogP contribution is 2.46. The third kappa shape index (κ3) is 3.24.